The second kappa shape index (κ2) is 5.72. The molecule has 2 rings (SSSR count). The molecule has 1 aromatic carbocycles. The van der Waals surface area contributed by atoms with Crippen LogP contribution in [0.5, 0.6) is 0 Å². The number of rotatable bonds is 5. The Balaban J connectivity index is 2.31. The topological polar surface area (TPSA) is 99.1 Å². The van der Waals surface area contributed by atoms with Gasteiger partial charge in [-0.25, -0.2) is 8.42 Å². The molecular formula is C13H17N3O3S. The molecule has 0 bridgehead atoms. The third kappa shape index (κ3) is 3.23. The van der Waals surface area contributed by atoms with Crippen LogP contribution in [0.2, 0.25) is 0 Å². The molecule has 0 aliphatic carbocycles. The van der Waals surface area contributed by atoms with Crippen LogP contribution in [0.4, 0.5) is 0 Å². The van der Waals surface area contributed by atoms with Crippen molar-refractivity contribution in [2.75, 3.05) is 12.8 Å². The van der Waals surface area contributed by atoms with E-state index >= 15 is 0 Å². The predicted octanol–water partition coefficient (Wildman–Crippen LogP) is 1.34. The highest BCUT2D eigenvalue weighted by Crippen LogP contribution is 2.23. The van der Waals surface area contributed by atoms with E-state index < -0.39 is 15.1 Å². The normalized spacial score (nSPS) is 13.3. The fourth-order valence-electron chi connectivity index (χ4n) is 1.74. The average molecular weight is 295 g/mol. The molecular weight excluding hydrogens is 278 g/mol. The van der Waals surface area contributed by atoms with Crippen molar-refractivity contribution in [3.8, 4) is 11.5 Å². The summed E-state index contributed by atoms with van der Waals surface area (Å²) in [6.07, 6.45) is 1.91. The Bertz CT molecular complexity index is 694. The highest BCUT2D eigenvalue weighted by atomic mass is 32.2. The number of nitrogens with two attached hydrogens (primary N) is 1. The van der Waals surface area contributed by atoms with E-state index in [1.165, 1.54) is 6.92 Å². The number of benzene rings is 1. The molecule has 6 nitrogen and oxygen atoms in total. The summed E-state index contributed by atoms with van der Waals surface area (Å²) < 4.78 is 28.1. The lowest BCUT2D eigenvalue weighted by molar-refractivity contribution is 0.421. The van der Waals surface area contributed by atoms with E-state index in [4.69, 9.17) is 10.3 Å². The Labute approximate surface area is 117 Å². The number of hydrogen-bond acceptors (Lipinski definition) is 6. The molecule has 1 heterocycles. The summed E-state index contributed by atoms with van der Waals surface area (Å²) in [5, 5.41) is 2.96. The smallest absolute Gasteiger partial charge is 0.257 e. The summed E-state index contributed by atoms with van der Waals surface area (Å²) in [6.45, 7) is 2.10. The fourth-order valence-corrected chi connectivity index (χ4v) is 2.21. The maximum absolute atomic E-state index is 11.5. The van der Waals surface area contributed by atoms with Crippen LogP contribution < -0.4 is 5.73 Å². The van der Waals surface area contributed by atoms with Crippen molar-refractivity contribution in [1.82, 2.24) is 10.1 Å². The van der Waals surface area contributed by atoms with Crippen LogP contribution in [0.25, 0.3) is 11.5 Å². The molecule has 2 aromatic rings. The van der Waals surface area contributed by atoms with Gasteiger partial charge in [0.25, 0.3) is 5.89 Å². The van der Waals surface area contributed by atoms with Crippen molar-refractivity contribution in [1.29, 1.82) is 0 Å². The largest absolute Gasteiger partial charge is 0.334 e. The summed E-state index contributed by atoms with van der Waals surface area (Å²) >= 11 is 0. The minimum Gasteiger partial charge on any atom is -0.334 e. The molecule has 0 amide bonds. The molecule has 0 radical (unpaired) electrons. The van der Waals surface area contributed by atoms with Crippen LogP contribution in [0.3, 0.4) is 0 Å². The lowest BCUT2D eigenvalue weighted by Gasteiger charge is -2.02. The van der Waals surface area contributed by atoms with Crippen molar-refractivity contribution in [2.45, 2.75) is 18.6 Å². The van der Waals surface area contributed by atoms with Crippen LogP contribution in [0, 0.1) is 0 Å². The number of hydrogen-bond donors (Lipinski definition) is 1. The van der Waals surface area contributed by atoms with Gasteiger partial charge in [-0.15, -0.1) is 0 Å². The second-order valence-electron chi connectivity index (χ2n) is 4.67. The van der Waals surface area contributed by atoms with Gasteiger partial charge in [0.15, 0.2) is 15.7 Å². The molecule has 20 heavy (non-hydrogen) atoms. The first-order valence-electron chi connectivity index (χ1n) is 6.23. The maximum atomic E-state index is 11.5. The zero-order valence-electron chi connectivity index (χ0n) is 11.4. The van der Waals surface area contributed by atoms with Gasteiger partial charge < -0.3 is 10.3 Å². The summed E-state index contributed by atoms with van der Waals surface area (Å²) in [4.78, 5) is 4.16. The van der Waals surface area contributed by atoms with Crippen LogP contribution in [-0.2, 0) is 16.3 Å². The summed E-state index contributed by atoms with van der Waals surface area (Å²) in [5.41, 5.74) is 7.35. The summed E-state index contributed by atoms with van der Waals surface area (Å²) in [6, 6.07) is 7.59. The lowest BCUT2D eigenvalue weighted by atomic mass is 10.1. The van der Waals surface area contributed by atoms with Gasteiger partial charge in [0.05, 0.1) is 0 Å². The van der Waals surface area contributed by atoms with E-state index in [1.807, 2.05) is 24.3 Å². The van der Waals surface area contributed by atoms with Crippen LogP contribution in [0.15, 0.2) is 28.8 Å². The van der Waals surface area contributed by atoms with E-state index in [-0.39, 0.29) is 5.82 Å². The van der Waals surface area contributed by atoms with Gasteiger partial charge in [0.1, 0.15) is 5.25 Å². The number of sulfone groups is 1. The Morgan fingerprint density at radius 2 is 2.15 bits per heavy atom. The average Bonchev–Trinajstić information content (AvgIpc) is 2.87. The van der Waals surface area contributed by atoms with Crippen molar-refractivity contribution >= 4 is 9.84 Å². The second-order valence-corrected chi connectivity index (χ2v) is 7.03. The summed E-state index contributed by atoms with van der Waals surface area (Å²) in [5.74, 6) is 0.487. The van der Waals surface area contributed by atoms with E-state index in [0.717, 1.165) is 23.8 Å². The third-order valence-corrected chi connectivity index (χ3v) is 4.55. The zero-order valence-corrected chi connectivity index (χ0v) is 12.2. The molecule has 2 N–H and O–H groups in total. The number of aromatic nitrogens is 2. The van der Waals surface area contributed by atoms with E-state index in [9.17, 15) is 8.42 Å². The number of nitrogens with zero attached hydrogens (tertiary/aromatic N) is 2. The van der Waals surface area contributed by atoms with E-state index in [0.29, 0.717) is 12.4 Å². The van der Waals surface area contributed by atoms with Crippen LogP contribution in [0.1, 0.15) is 23.6 Å². The van der Waals surface area contributed by atoms with Crippen molar-refractivity contribution in [3.63, 3.8) is 0 Å². The molecule has 0 saturated heterocycles. The van der Waals surface area contributed by atoms with Gasteiger partial charge in [-0.05, 0) is 37.6 Å². The standard InChI is InChI=1S/C13H17N3O3S/c1-9(20(2,17)18)12-15-13(19-16-12)11-5-3-4-10(8-11)6-7-14/h3-5,8-9H,6-7,14H2,1-2H3. The van der Waals surface area contributed by atoms with Crippen molar-refractivity contribution in [2.24, 2.45) is 5.73 Å². The van der Waals surface area contributed by atoms with Crippen LogP contribution in [-0.4, -0.2) is 31.4 Å². The summed E-state index contributed by atoms with van der Waals surface area (Å²) in [7, 11) is -3.24. The Morgan fingerprint density at radius 3 is 2.80 bits per heavy atom. The Morgan fingerprint density at radius 1 is 1.40 bits per heavy atom. The first kappa shape index (κ1) is 14.7. The molecule has 0 aliphatic heterocycles. The minimum absolute atomic E-state index is 0.173. The Hall–Kier alpha value is -1.73. The van der Waals surface area contributed by atoms with E-state index in [1.54, 1.807) is 0 Å². The van der Waals surface area contributed by atoms with Gasteiger partial charge in [0.2, 0.25) is 0 Å². The monoisotopic (exact) mass is 295 g/mol. The molecule has 7 heteroatoms. The first-order chi connectivity index (χ1) is 9.41. The van der Waals surface area contributed by atoms with Gasteiger partial charge in [-0.1, -0.05) is 17.3 Å². The van der Waals surface area contributed by atoms with Gasteiger partial charge in [-0.3, -0.25) is 0 Å². The zero-order chi connectivity index (χ0) is 14.8. The van der Waals surface area contributed by atoms with E-state index in [2.05, 4.69) is 10.1 Å². The fraction of sp³-hybridized carbons (Fsp3) is 0.385. The molecule has 0 saturated carbocycles. The van der Waals surface area contributed by atoms with Crippen molar-refractivity contribution in [3.05, 3.63) is 35.7 Å². The van der Waals surface area contributed by atoms with Crippen molar-refractivity contribution < 1.29 is 12.9 Å². The first-order valence-corrected chi connectivity index (χ1v) is 8.19. The van der Waals surface area contributed by atoms with Gasteiger partial charge in [0, 0.05) is 11.8 Å². The minimum atomic E-state index is -3.24. The quantitative estimate of drug-likeness (QED) is 0.893. The predicted molar refractivity (Wildman–Crippen MR) is 75.8 cm³/mol. The molecule has 1 unspecified atom stereocenters. The lowest BCUT2D eigenvalue weighted by Crippen LogP contribution is -2.09. The van der Waals surface area contributed by atoms with Gasteiger partial charge in [-0.2, -0.15) is 4.98 Å². The molecule has 0 aliphatic rings. The third-order valence-electron chi connectivity index (χ3n) is 3.05. The molecule has 0 fully saturated rings. The van der Waals surface area contributed by atoms with Crippen LogP contribution >= 0.6 is 0 Å². The molecule has 108 valence electrons. The van der Waals surface area contributed by atoms with Gasteiger partial charge >= 0.3 is 0 Å². The Kier molecular flexibility index (Phi) is 4.20. The SMILES string of the molecule is CC(c1noc(-c2cccc(CCN)c2)n1)S(C)(=O)=O. The molecule has 0 spiro atoms. The molecule has 1 atom stereocenters. The molecule has 1 aromatic heterocycles. The highest BCUT2D eigenvalue weighted by Gasteiger charge is 2.23. The maximum Gasteiger partial charge on any atom is 0.257 e. The highest BCUT2D eigenvalue weighted by molar-refractivity contribution is 7.90.